The lowest BCUT2D eigenvalue weighted by atomic mass is 9.71. The first-order chi connectivity index (χ1) is 16.9. The molecule has 0 aliphatic carbocycles. The van der Waals surface area contributed by atoms with Crippen molar-refractivity contribution >= 4 is 29.5 Å². The Morgan fingerprint density at radius 1 is 1.29 bits per heavy atom. The zero-order valence-electron chi connectivity index (χ0n) is 21.3. The summed E-state index contributed by atoms with van der Waals surface area (Å²) in [6.45, 7) is 12.7. The van der Waals surface area contributed by atoms with Crippen LogP contribution >= 0.6 is 11.8 Å². The molecule has 196 valence electrons. The van der Waals surface area contributed by atoms with Gasteiger partial charge in [-0.3, -0.25) is 14.4 Å². The number of hydrogen-bond donors (Lipinski definition) is 1. The van der Waals surface area contributed by atoms with Gasteiger partial charge in [-0.25, -0.2) is 0 Å². The Morgan fingerprint density at radius 2 is 2.06 bits per heavy atom. The van der Waals surface area contributed by atoms with E-state index >= 15 is 0 Å². The van der Waals surface area contributed by atoms with E-state index in [-0.39, 0.29) is 29.6 Å². The summed E-state index contributed by atoms with van der Waals surface area (Å²) in [4.78, 5) is 44.7. The molecule has 0 radical (unpaired) electrons. The molecule has 0 aromatic heterocycles. The van der Waals surface area contributed by atoms with E-state index in [1.165, 1.54) is 0 Å². The summed E-state index contributed by atoms with van der Waals surface area (Å²) in [6.07, 6.45) is 9.97. The lowest BCUT2D eigenvalue weighted by Crippen LogP contribution is -2.57. The predicted octanol–water partition coefficient (Wildman–Crippen LogP) is 3.56. The van der Waals surface area contributed by atoms with Gasteiger partial charge >= 0.3 is 5.97 Å². The number of likely N-dealkylation sites (tertiary alicyclic amines) is 1. The van der Waals surface area contributed by atoms with Gasteiger partial charge in [-0.2, -0.15) is 0 Å². The molecule has 3 heterocycles. The molecule has 3 rings (SSSR count). The second kappa shape index (κ2) is 12.4. The van der Waals surface area contributed by atoms with Crippen LogP contribution in [0.15, 0.2) is 25.3 Å². The molecule has 1 N–H and O–H groups in total. The van der Waals surface area contributed by atoms with Gasteiger partial charge in [-0.15, -0.1) is 24.9 Å². The minimum absolute atomic E-state index is 0.0141. The molecular weight excluding hydrogens is 464 g/mol. The van der Waals surface area contributed by atoms with Crippen molar-refractivity contribution in [2.75, 3.05) is 26.3 Å². The first kappa shape index (κ1) is 27.8. The first-order valence-electron chi connectivity index (χ1n) is 13.2. The highest BCUT2D eigenvalue weighted by Crippen LogP contribution is 2.67. The Labute approximate surface area is 214 Å². The molecule has 0 aromatic carbocycles. The molecule has 0 saturated carbocycles. The fourth-order valence-electron chi connectivity index (χ4n) is 6.07. The Hall–Kier alpha value is -1.80. The average Bonchev–Trinajstić information content (AvgIpc) is 3.50. The highest BCUT2D eigenvalue weighted by atomic mass is 32.2. The van der Waals surface area contributed by atoms with Crippen LogP contribution in [0, 0.1) is 11.8 Å². The summed E-state index contributed by atoms with van der Waals surface area (Å²) in [5.74, 6) is -1.71. The van der Waals surface area contributed by atoms with Crippen LogP contribution in [0.4, 0.5) is 0 Å². The number of amides is 2. The van der Waals surface area contributed by atoms with Crippen molar-refractivity contribution in [1.29, 1.82) is 0 Å². The van der Waals surface area contributed by atoms with Crippen LogP contribution in [0.3, 0.4) is 0 Å². The van der Waals surface area contributed by atoms with Crippen LogP contribution in [0.25, 0.3) is 0 Å². The predicted molar refractivity (Wildman–Crippen MR) is 139 cm³/mol. The second-order valence-corrected chi connectivity index (χ2v) is 11.5. The van der Waals surface area contributed by atoms with Crippen LogP contribution in [-0.2, 0) is 19.1 Å². The fourth-order valence-corrected chi connectivity index (χ4v) is 8.26. The number of carbonyl (C=O) groups is 3. The topological polar surface area (TPSA) is 87.2 Å². The second-order valence-electron chi connectivity index (χ2n) is 9.92. The number of esters is 1. The molecule has 8 heteroatoms. The summed E-state index contributed by atoms with van der Waals surface area (Å²) in [5, 5.41) is 10.1. The van der Waals surface area contributed by atoms with Gasteiger partial charge in [0.1, 0.15) is 6.04 Å². The molecule has 2 amide bonds. The Bertz CT molecular complexity index is 800. The van der Waals surface area contributed by atoms with Gasteiger partial charge < -0.3 is 19.6 Å². The summed E-state index contributed by atoms with van der Waals surface area (Å²) in [6, 6.07) is -1.14. The third kappa shape index (κ3) is 5.19. The summed E-state index contributed by atoms with van der Waals surface area (Å²) in [7, 11) is 0. The zero-order chi connectivity index (χ0) is 25.6. The molecule has 3 aliphatic heterocycles. The molecule has 3 aliphatic rings. The largest absolute Gasteiger partial charge is 0.465 e. The number of nitrogens with zero attached hydrogens (tertiary/aromatic N) is 2. The van der Waals surface area contributed by atoms with Crippen LogP contribution in [-0.4, -0.2) is 81.1 Å². The number of thioether (sulfide) groups is 1. The number of ether oxygens (including phenoxy) is 1. The SMILES string of the molecule is C=CCCCCOC(=O)[C@@H]1[C@@H]2CCC3(S2)C(C(=O)N(CC=C)CCCC)N([C@@H](CC)CO)C(=O)[C@H]13. The fraction of sp³-hybridized carbons (Fsp3) is 0.741. The van der Waals surface area contributed by atoms with Gasteiger partial charge in [0.2, 0.25) is 11.8 Å². The molecule has 3 saturated heterocycles. The highest BCUT2D eigenvalue weighted by molar-refractivity contribution is 8.02. The third-order valence-electron chi connectivity index (χ3n) is 7.81. The minimum Gasteiger partial charge on any atom is -0.465 e. The number of hydrogen-bond acceptors (Lipinski definition) is 6. The number of unbranched alkanes of at least 4 members (excludes halogenated alkanes) is 3. The molecule has 35 heavy (non-hydrogen) atoms. The monoisotopic (exact) mass is 506 g/mol. The van der Waals surface area contributed by atoms with Gasteiger partial charge in [0, 0.05) is 18.3 Å². The van der Waals surface area contributed by atoms with Crippen LogP contribution < -0.4 is 0 Å². The first-order valence-corrected chi connectivity index (χ1v) is 14.1. The van der Waals surface area contributed by atoms with E-state index in [2.05, 4.69) is 20.1 Å². The van der Waals surface area contributed by atoms with Crippen molar-refractivity contribution in [2.45, 2.75) is 87.3 Å². The standard InChI is InChI=1S/C27H42N2O5S/c1-5-9-11-12-17-34-26(33)21-20-13-14-27(35-20)22(21)24(31)29(19(8-4)18-30)23(27)25(32)28(15-7-3)16-10-6-2/h5,7,19-23,30H,1,3,6,8-18H2,2,4H3/t19-,20-,21+,22-,23?,27?/m0/s1. The van der Waals surface area contributed by atoms with Gasteiger partial charge in [-0.05, 0) is 44.9 Å². The molecule has 7 nitrogen and oxygen atoms in total. The van der Waals surface area contributed by atoms with Gasteiger partial charge in [0.05, 0.1) is 35.8 Å². The van der Waals surface area contributed by atoms with E-state index in [0.29, 0.717) is 32.5 Å². The number of allylic oxidation sites excluding steroid dienone is 1. The normalized spacial score (nSPS) is 29.7. The van der Waals surface area contributed by atoms with Crippen LogP contribution in [0.1, 0.15) is 65.2 Å². The van der Waals surface area contributed by atoms with E-state index in [1.807, 2.05) is 13.0 Å². The zero-order valence-corrected chi connectivity index (χ0v) is 22.1. The third-order valence-corrected chi connectivity index (χ3v) is 9.76. The Kier molecular flexibility index (Phi) is 9.87. The van der Waals surface area contributed by atoms with Crippen molar-refractivity contribution in [2.24, 2.45) is 11.8 Å². The van der Waals surface area contributed by atoms with E-state index in [4.69, 9.17) is 4.74 Å². The molecule has 3 fully saturated rings. The maximum absolute atomic E-state index is 14.1. The molecule has 6 atom stereocenters. The Morgan fingerprint density at radius 3 is 2.69 bits per heavy atom. The minimum atomic E-state index is -0.686. The Balaban J connectivity index is 1.91. The number of aliphatic hydroxyl groups is 1. The summed E-state index contributed by atoms with van der Waals surface area (Å²) < 4.78 is 4.99. The summed E-state index contributed by atoms with van der Waals surface area (Å²) in [5.41, 5.74) is 0. The maximum Gasteiger partial charge on any atom is 0.310 e. The van der Waals surface area contributed by atoms with E-state index in [1.54, 1.807) is 27.6 Å². The van der Waals surface area contributed by atoms with E-state index < -0.39 is 28.7 Å². The van der Waals surface area contributed by atoms with Gasteiger partial charge in [0.25, 0.3) is 0 Å². The van der Waals surface area contributed by atoms with Crippen molar-refractivity contribution in [3.05, 3.63) is 25.3 Å². The molecule has 2 bridgehead atoms. The smallest absolute Gasteiger partial charge is 0.310 e. The quantitative estimate of drug-likeness (QED) is 0.208. The van der Waals surface area contributed by atoms with Crippen molar-refractivity contribution in [1.82, 2.24) is 9.80 Å². The molecule has 1 spiro atoms. The van der Waals surface area contributed by atoms with Crippen LogP contribution in [0.2, 0.25) is 0 Å². The van der Waals surface area contributed by atoms with Gasteiger partial charge in [0.15, 0.2) is 0 Å². The van der Waals surface area contributed by atoms with E-state index in [9.17, 15) is 19.5 Å². The lowest BCUT2D eigenvalue weighted by Gasteiger charge is -2.39. The number of rotatable bonds is 15. The number of aliphatic hydroxyl groups excluding tert-OH is 1. The molecule has 2 unspecified atom stereocenters. The number of carbonyl (C=O) groups excluding carboxylic acids is 3. The summed E-state index contributed by atoms with van der Waals surface area (Å²) >= 11 is 1.64. The average molecular weight is 507 g/mol. The van der Waals surface area contributed by atoms with Crippen LogP contribution in [0.5, 0.6) is 0 Å². The lowest BCUT2D eigenvalue weighted by molar-refractivity contribution is -0.154. The van der Waals surface area contributed by atoms with Crippen molar-refractivity contribution < 1.29 is 24.2 Å². The molecule has 0 aromatic rings. The number of fused-ring (bicyclic) bond motifs is 1. The molecular formula is C27H42N2O5S. The van der Waals surface area contributed by atoms with Crippen molar-refractivity contribution in [3.8, 4) is 0 Å². The highest BCUT2D eigenvalue weighted by Gasteiger charge is 2.74. The van der Waals surface area contributed by atoms with E-state index in [0.717, 1.165) is 38.5 Å². The maximum atomic E-state index is 14.1. The van der Waals surface area contributed by atoms with Crippen molar-refractivity contribution in [3.63, 3.8) is 0 Å². The van der Waals surface area contributed by atoms with Gasteiger partial charge in [-0.1, -0.05) is 32.4 Å².